The van der Waals surface area contributed by atoms with Crippen LogP contribution in [0.2, 0.25) is 0 Å². The van der Waals surface area contributed by atoms with E-state index in [0.717, 1.165) is 6.08 Å². The summed E-state index contributed by atoms with van der Waals surface area (Å²) in [4.78, 5) is 26.4. The van der Waals surface area contributed by atoms with Gasteiger partial charge in [0, 0.05) is 19.7 Å². The first-order chi connectivity index (χ1) is 8.54. The fraction of sp³-hybridized carbons (Fsp3) is 0.300. The zero-order chi connectivity index (χ0) is 13.7. The molecule has 18 heavy (non-hydrogen) atoms. The lowest BCUT2D eigenvalue weighted by atomic mass is 10.2. The maximum absolute atomic E-state index is 11.6. The van der Waals surface area contributed by atoms with Gasteiger partial charge in [0.25, 0.3) is 0 Å². The lowest BCUT2D eigenvalue weighted by Crippen LogP contribution is -2.40. The van der Waals surface area contributed by atoms with Gasteiger partial charge in [0.05, 0.1) is 7.11 Å². The average molecular weight is 254 g/mol. The minimum atomic E-state index is -1.24. The first-order valence-electron chi connectivity index (χ1n) is 5.04. The average Bonchev–Trinajstić information content (AvgIpc) is 2.37. The molecular formula is C10H14N4O4. The minimum Gasteiger partial charge on any atom is -0.477 e. The van der Waals surface area contributed by atoms with Crippen molar-refractivity contribution in [2.45, 2.75) is 0 Å². The van der Waals surface area contributed by atoms with Crippen LogP contribution in [0.25, 0.3) is 0 Å². The number of hydrogen-bond donors (Lipinski definition) is 3. The molecule has 0 spiro atoms. The molecule has 0 saturated carbocycles. The molecule has 0 radical (unpaired) electrons. The molecule has 8 heteroatoms. The third-order valence-corrected chi connectivity index (χ3v) is 2.12. The molecular weight excluding hydrogens is 240 g/mol. The highest BCUT2D eigenvalue weighted by atomic mass is 16.5. The summed E-state index contributed by atoms with van der Waals surface area (Å²) in [5.41, 5.74) is 7.83. The molecule has 4 N–H and O–H groups in total. The van der Waals surface area contributed by atoms with Crippen LogP contribution < -0.4 is 11.2 Å². The normalized spacial score (nSPS) is 17.3. The standard InChI is InChI=1S/C10H14N4O4/c1-12-14-7(10(17)18-2)5-6(9(15)16)13-8(14)3-4-11/h3,5,12H,4,11H2,1-2H3,(H,15,16)/b8-3-. The number of ether oxygens (including phenoxy) is 1. The molecule has 0 saturated heterocycles. The van der Waals surface area contributed by atoms with Gasteiger partial charge in [0.15, 0.2) is 5.71 Å². The van der Waals surface area contributed by atoms with Crippen molar-refractivity contribution in [1.29, 1.82) is 0 Å². The van der Waals surface area contributed by atoms with Gasteiger partial charge in [0.1, 0.15) is 11.5 Å². The number of hydrazine groups is 1. The van der Waals surface area contributed by atoms with Crippen molar-refractivity contribution < 1.29 is 19.4 Å². The van der Waals surface area contributed by atoms with Gasteiger partial charge in [-0.05, 0) is 6.08 Å². The van der Waals surface area contributed by atoms with Crippen LogP contribution >= 0.6 is 0 Å². The molecule has 0 bridgehead atoms. The number of carboxylic acids is 1. The van der Waals surface area contributed by atoms with Crippen LogP contribution in [0.5, 0.6) is 0 Å². The Balaban J connectivity index is 3.28. The van der Waals surface area contributed by atoms with Gasteiger partial charge in [-0.15, -0.1) is 0 Å². The van der Waals surface area contributed by atoms with E-state index >= 15 is 0 Å². The van der Waals surface area contributed by atoms with Crippen LogP contribution in [-0.4, -0.2) is 48.5 Å². The van der Waals surface area contributed by atoms with Crippen LogP contribution in [0.15, 0.2) is 28.7 Å². The number of carbonyl (C=O) groups is 2. The van der Waals surface area contributed by atoms with Gasteiger partial charge >= 0.3 is 11.9 Å². The number of aliphatic carboxylic acids is 1. The first kappa shape index (κ1) is 13.9. The second-order valence-electron chi connectivity index (χ2n) is 3.18. The molecule has 1 heterocycles. The first-order valence-corrected chi connectivity index (χ1v) is 5.04. The Morgan fingerprint density at radius 2 is 2.33 bits per heavy atom. The van der Waals surface area contributed by atoms with Gasteiger partial charge < -0.3 is 15.6 Å². The maximum Gasteiger partial charge on any atom is 0.356 e. The second kappa shape index (κ2) is 5.94. The molecule has 1 rings (SSSR count). The van der Waals surface area contributed by atoms with Crippen molar-refractivity contribution in [2.75, 3.05) is 20.7 Å². The Hall–Kier alpha value is -2.19. The van der Waals surface area contributed by atoms with Crippen molar-refractivity contribution in [3.63, 3.8) is 0 Å². The molecule has 98 valence electrons. The van der Waals surface area contributed by atoms with Crippen molar-refractivity contribution in [2.24, 2.45) is 10.7 Å². The fourth-order valence-electron chi connectivity index (χ4n) is 1.36. The topological polar surface area (TPSA) is 117 Å². The Labute approximate surface area is 103 Å². The van der Waals surface area contributed by atoms with E-state index in [-0.39, 0.29) is 23.8 Å². The SMILES string of the molecule is CNN1C(C(=O)OC)=CC(C(=O)O)=N/C1=C/CN. The van der Waals surface area contributed by atoms with Crippen LogP contribution in [0.1, 0.15) is 0 Å². The number of aliphatic imine (C=N–C) groups is 1. The molecule has 1 aliphatic heterocycles. The summed E-state index contributed by atoms with van der Waals surface area (Å²) in [7, 11) is 2.76. The van der Waals surface area contributed by atoms with Crippen LogP contribution in [0, 0.1) is 0 Å². The summed E-state index contributed by atoms with van der Waals surface area (Å²) < 4.78 is 4.58. The number of carboxylic acid groups (broad SMARTS) is 1. The monoisotopic (exact) mass is 254 g/mol. The summed E-state index contributed by atoms with van der Waals surface area (Å²) in [6.45, 7) is 0.151. The predicted octanol–water partition coefficient (Wildman–Crippen LogP) is -1.18. The molecule has 1 aliphatic rings. The van der Waals surface area contributed by atoms with Gasteiger partial charge in [-0.25, -0.2) is 20.0 Å². The highest BCUT2D eigenvalue weighted by Crippen LogP contribution is 2.18. The third kappa shape index (κ3) is 2.73. The Kier molecular flexibility index (Phi) is 4.58. The second-order valence-corrected chi connectivity index (χ2v) is 3.18. The molecule has 0 unspecified atom stereocenters. The molecule has 0 atom stereocenters. The summed E-state index contributed by atoms with van der Waals surface area (Å²) in [5, 5.41) is 10.2. The molecule has 0 aromatic carbocycles. The van der Waals surface area contributed by atoms with Gasteiger partial charge in [-0.1, -0.05) is 0 Å². The zero-order valence-corrected chi connectivity index (χ0v) is 10.0. The summed E-state index contributed by atoms with van der Waals surface area (Å²) in [6.07, 6.45) is 2.61. The molecule has 0 fully saturated rings. The smallest absolute Gasteiger partial charge is 0.356 e. The third-order valence-electron chi connectivity index (χ3n) is 2.12. The molecule has 0 aromatic heterocycles. The van der Waals surface area contributed by atoms with Crippen LogP contribution in [0.3, 0.4) is 0 Å². The van der Waals surface area contributed by atoms with Gasteiger partial charge in [-0.2, -0.15) is 0 Å². The Morgan fingerprint density at radius 1 is 1.67 bits per heavy atom. The zero-order valence-electron chi connectivity index (χ0n) is 10.0. The van der Waals surface area contributed by atoms with Crippen LogP contribution in [0.4, 0.5) is 0 Å². The van der Waals surface area contributed by atoms with Crippen molar-refractivity contribution >= 4 is 17.7 Å². The number of nitrogens with zero attached hydrogens (tertiary/aromatic N) is 2. The van der Waals surface area contributed by atoms with Gasteiger partial charge in [-0.3, -0.25) is 5.01 Å². The number of methoxy groups -OCH3 is 1. The fourth-order valence-corrected chi connectivity index (χ4v) is 1.36. The van der Waals surface area contributed by atoms with Crippen molar-refractivity contribution in [3.8, 4) is 0 Å². The molecule has 0 aliphatic carbocycles. The van der Waals surface area contributed by atoms with E-state index in [4.69, 9.17) is 10.8 Å². The van der Waals surface area contributed by atoms with Crippen molar-refractivity contribution in [1.82, 2.24) is 10.4 Å². The maximum atomic E-state index is 11.6. The van der Waals surface area contributed by atoms with E-state index in [9.17, 15) is 9.59 Å². The van der Waals surface area contributed by atoms with E-state index in [2.05, 4.69) is 15.2 Å². The number of esters is 1. The summed E-state index contributed by atoms with van der Waals surface area (Å²) in [6, 6.07) is 0. The van der Waals surface area contributed by atoms with Gasteiger partial charge in [0.2, 0.25) is 0 Å². The van der Waals surface area contributed by atoms with Crippen LogP contribution in [-0.2, 0) is 14.3 Å². The molecule has 0 amide bonds. The largest absolute Gasteiger partial charge is 0.477 e. The summed E-state index contributed by atoms with van der Waals surface area (Å²) >= 11 is 0. The predicted molar refractivity (Wildman–Crippen MR) is 63.2 cm³/mol. The van der Waals surface area contributed by atoms with E-state index in [1.807, 2.05) is 0 Å². The van der Waals surface area contributed by atoms with E-state index in [1.54, 1.807) is 7.05 Å². The quantitative estimate of drug-likeness (QED) is 0.540. The number of nitrogens with one attached hydrogen (secondary N) is 1. The number of carbonyl (C=O) groups excluding carboxylic acids is 1. The lowest BCUT2D eigenvalue weighted by Gasteiger charge is -2.27. The number of nitrogens with two attached hydrogens (primary N) is 1. The summed E-state index contributed by atoms with van der Waals surface area (Å²) in [5.74, 6) is -1.70. The molecule has 0 aromatic rings. The number of rotatable bonds is 4. The number of hydrogen-bond acceptors (Lipinski definition) is 7. The van der Waals surface area contributed by atoms with E-state index in [0.29, 0.717) is 0 Å². The highest BCUT2D eigenvalue weighted by Gasteiger charge is 2.27. The lowest BCUT2D eigenvalue weighted by molar-refractivity contribution is -0.138. The molecule has 8 nitrogen and oxygen atoms in total. The van der Waals surface area contributed by atoms with E-state index < -0.39 is 11.9 Å². The van der Waals surface area contributed by atoms with Crippen molar-refractivity contribution in [3.05, 3.63) is 23.7 Å². The Bertz CT molecular complexity index is 453. The minimum absolute atomic E-state index is 0.0205. The van der Waals surface area contributed by atoms with E-state index in [1.165, 1.54) is 18.2 Å². The Morgan fingerprint density at radius 3 is 2.78 bits per heavy atom. The highest BCUT2D eigenvalue weighted by molar-refractivity contribution is 6.41.